The highest BCUT2D eigenvalue weighted by Crippen LogP contribution is 2.40. The second-order valence-corrected chi connectivity index (χ2v) is 6.01. The second-order valence-electron chi connectivity index (χ2n) is 6.01. The molecule has 9 heteroatoms. The lowest BCUT2D eigenvalue weighted by Gasteiger charge is -2.16. The molecule has 2 heterocycles. The molecule has 1 aromatic carbocycles. The van der Waals surface area contributed by atoms with Gasteiger partial charge in [-0.3, -0.25) is 0 Å². The van der Waals surface area contributed by atoms with Gasteiger partial charge in [0.25, 0.3) is 0 Å². The maximum atomic E-state index is 12.7. The number of hydrogen-bond donors (Lipinski definition) is 1. The average Bonchev–Trinajstić information content (AvgIpc) is 3.39. The number of anilines is 1. The van der Waals surface area contributed by atoms with Crippen molar-refractivity contribution in [3.05, 3.63) is 52.6 Å². The largest absolute Gasteiger partial charge is 0.573 e. The van der Waals surface area contributed by atoms with E-state index in [1.165, 1.54) is 18.2 Å². The molecule has 1 saturated carbocycles. The molecule has 0 amide bonds. The van der Waals surface area contributed by atoms with Gasteiger partial charge in [-0.25, -0.2) is 14.3 Å². The van der Waals surface area contributed by atoms with Crippen LogP contribution in [-0.4, -0.2) is 20.9 Å². The summed E-state index contributed by atoms with van der Waals surface area (Å²) in [4.78, 5) is 20.7. The Bertz CT molecular complexity index is 1060. The van der Waals surface area contributed by atoms with Gasteiger partial charge in [0, 0.05) is 11.6 Å². The molecule has 0 bridgehead atoms. The minimum absolute atomic E-state index is 0.0229. The summed E-state index contributed by atoms with van der Waals surface area (Å²) < 4.78 is 43.3. The summed E-state index contributed by atoms with van der Waals surface area (Å²) in [6.07, 6.45) is -2.93. The van der Waals surface area contributed by atoms with E-state index >= 15 is 0 Å². The van der Waals surface area contributed by atoms with Crippen LogP contribution in [0.5, 0.6) is 5.75 Å². The van der Waals surface area contributed by atoms with Crippen molar-refractivity contribution in [1.29, 1.82) is 0 Å². The van der Waals surface area contributed by atoms with Gasteiger partial charge in [0.05, 0.1) is 11.1 Å². The zero-order valence-corrected chi connectivity index (χ0v) is 13.3. The van der Waals surface area contributed by atoms with Crippen LogP contribution < -0.4 is 16.2 Å². The van der Waals surface area contributed by atoms with Crippen molar-refractivity contribution < 1.29 is 17.9 Å². The zero-order valence-electron chi connectivity index (χ0n) is 13.3. The molecule has 0 aliphatic heterocycles. The summed E-state index contributed by atoms with van der Waals surface area (Å²) in [5, 5.41) is 0.385. The van der Waals surface area contributed by atoms with E-state index in [4.69, 9.17) is 5.73 Å². The maximum Gasteiger partial charge on any atom is 0.573 e. The van der Waals surface area contributed by atoms with Gasteiger partial charge in [0.1, 0.15) is 5.82 Å². The molecule has 3 aromatic rings. The van der Waals surface area contributed by atoms with E-state index in [0.717, 1.165) is 29.2 Å². The number of rotatable bonds is 3. The summed E-state index contributed by atoms with van der Waals surface area (Å²) >= 11 is 0. The third-order valence-corrected chi connectivity index (χ3v) is 4.12. The fraction of sp³-hybridized carbons (Fsp3) is 0.235. The first-order chi connectivity index (χ1) is 12.3. The Kier molecular flexibility index (Phi) is 3.60. The Labute approximate surface area is 145 Å². The number of alkyl halides is 3. The smallest absolute Gasteiger partial charge is 0.404 e. The molecule has 0 unspecified atom stereocenters. The van der Waals surface area contributed by atoms with Gasteiger partial charge in [-0.2, -0.15) is 4.98 Å². The quantitative estimate of drug-likeness (QED) is 0.774. The van der Waals surface area contributed by atoms with Crippen LogP contribution in [0.4, 0.5) is 19.0 Å². The highest BCUT2D eigenvalue weighted by molar-refractivity contribution is 5.86. The SMILES string of the molecule is Nc1nc(=O)n(-c2ccccc2OC(F)(F)F)c2nc(C3CC3)ccc12. The number of benzene rings is 1. The summed E-state index contributed by atoms with van der Waals surface area (Å²) in [5.74, 6) is -0.252. The van der Waals surface area contributed by atoms with Gasteiger partial charge >= 0.3 is 12.1 Å². The first-order valence-electron chi connectivity index (χ1n) is 7.88. The monoisotopic (exact) mass is 362 g/mol. The molecule has 0 radical (unpaired) electrons. The average molecular weight is 362 g/mol. The minimum atomic E-state index is -4.90. The number of para-hydroxylation sites is 2. The molecular weight excluding hydrogens is 349 g/mol. The van der Waals surface area contributed by atoms with Gasteiger partial charge in [0.15, 0.2) is 11.4 Å². The van der Waals surface area contributed by atoms with Gasteiger partial charge in [0.2, 0.25) is 0 Å². The fourth-order valence-electron chi connectivity index (χ4n) is 2.81. The van der Waals surface area contributed by atoms with Gasteiger partial charge in [-0.15, -0.1) is 13.2 Å². The fourth-order valence-corrected chi connectivity index (χ4v) is 2.81. The summed E-state index contributed by atoms with van der Waals surface area (Å²) in [6, 6.07) is 8.82. The Balaban J connectivity index is 2.00. The number of pyridine rings is 1. The normalized spacial score (nSPS) is 14.6. The molecule has 0 atom stereocenters. The lowest BCUT2D eigenvalue weighted by molar-refractivity contribution is -0.274. The zero-order chi connectivity index (χ0) is 18.5. The van der Waals surface area contributed by atoms with Crippen LogP contribution in [0, 0.1) is 0 Å². The van der Waals surface area contributed by atoms with Crippen molar-refractivity contribution >= 4 is 16.9 Å². The molecule has 1 fully saturated rings. The van der Waals surface area contributed by atoms with E-state index < -0.39 is 17.8 Å². The Hall–Kier alpha value is -3.10. The van der Waals surface area contributed by atoms with Gasteiger partial charge < -0.3 is 10.5 Å². The van der Waals surface area contributed by atoms with Crippen LogP contribution in [0.15, 0.2) is 41.2 Å². The lowest BCUT2D eigenvalue weighted by Crippen LogP contribution is -2.26. The van der Waals surface area contributed by atoms with Crippen LogP contribution in [0.1, 0.15) is 24.5 Å². The predicted molar refractivity (Wildman–Crippen MR) is 88.2 cm³/mol. The lowest BCUT2D eigenvalue weighted by atomic mass is 10.2. The third-order valence-electron chi connectivity index (χ3n) is 4.12. The van der Waals surface area contributed by atoms with Crippen LogP contribution >= 0.6 is 0 Å². The molecular formula is C17H13F3N4O2. The Morgan fingerprint density at radius 3 is 2.54 bits per heavy atom. The molecule has 0 spiro atoms. The minimum Gasteiger partial charge on any atom is -0.404 e. The Morgan fingerprint density at radius 1 is 1.12 bits per heavy atom. The van der Waals surface area contributed by atoms with Crippen molar-refractivity contribution in [2.75, 3.05) is 5.73 Å². The maximum absolute atomic E-state index is 12.7. The first-order valence-corrected chi connectivity index (χ1v) is 7.88. The molecule has 2 aromatic heterocycles. The Morgan fingerprint density at radius 2 is 1.85 bits per heavy atom. The topological polar surface area (TPSA) is 83.0 Å². The van der Waals surface area contributed by atoms with E-state index in [1.54, 1.807) is 12.1 Å². The van der Waals surface area contributed by atoms with E-state index in [-0.39, 0.29) is 17.2 Å². The molecule has 1 aliphatic rings. The first kappa shape index (κ1) is 16.4. The van der Waals surface area contributed by atoms with Gasteiger partial charge in [-0.05, 0) is 37.1 Å². The van der Waals surface area contributed by atoms with E-state index in [2.05, 4.69) is 14.7 Å². The highest BCUT2D eigenvalue weighted by Gasteiger charge is 2.33. The number of aromatic nitrogens is 3. The number of halogens is 3. The number of ether oxygens (including phenoxy) is 1. The second kappa shape index (κ2) is 5.72. The standard InChI is InChI=1S/C17H13F3N4O2/c18-17(19,20)26-13-4-2-1-3-12(13)24-15-10(14(21)23-16(24)25)7-8-11(22-15)9-5-6-9/h1-4,7-9H,5-6H2,(H2,21,23,25). The summed E-state index contributed by atoms with van der Waals surface area (Å²) in [6.45, 7) is 0. The molecule has 0 saturated heterocycles. The van der Waals surface area contributed by atoms with Crippen LogP contribution in [-0.2, 0) is 0 Å². The van der Waals surface area contributed by atoms with E-state index in [9.17, 15) is 18.0 Å². The third kappa shape index (κ3) is 2.96. The molecule has 6 nitrogen and oxygen atoms in total. The number of nitrogen functional groups attached to an aromatic ring is 1. The van der Waals surface area contributed by atoms with Crippen molar-refractivity contribution in [3.63, 3.8) is 0 Å². The van der Waals surface area contributed by atoms with Gasteiger partial charge in [-0.1, -0.05) is 12.1 Å². The summed E-state index contributed by atoms with van der Waals surface area (Å²) in [7, 11) is 0. The van der Waals surface area contributed by atoms with Crippen molar-refractivity contribution in [3.8, 4) is 11.4 Å². The van der Waals surface area contributed by atoms with E-state index in [1.807, 2.05) is 0 Å². The highest BCUT2D eigenvalue weighted by atomic mass is 19.4. The molecule has 1 aliphatic carbocycles. The molecule has 4 rings (SSSR count). The summed E-state index contributed by atoms with van der Waals surface area (Å²) in [5.41, 5.74) is 5.81. The molecule has 134 valence electrons. The van der Waals surface area contributed by atoms with Crippen LogP contribution in [0.2, 0.25) is 0 Å². The van der Waals surface area contributed by atoms with Crippen LogP contribution in [0.25, 0.3) is 16.7 Å². The molecule has 2 N–H and O–H groups in total. The van der Waals surface area contributed by atoms with Crippen molar-refractivity contribution in [1.82, 2.24) is 14.5 Å². The number of nitrogens with zero attached hydrogens (tertiary/aromatic N) is 3. The number of fused-ring (bicyclic) bond motifs is 1. The van der Waals surface area contributed by atoms with Crippen molar-refractivity contribution in [2.45, 2.75) is 25.1 Å². The van der Waals surface area contributed by atoms with Crippen LogP contribution in [0.3, 0.4) is 0 Å². The number of hydrogen-bond acceptors (Lipinski definition) is 5. The number of nitrogens with two attached hydrogens (primary N) is 1. The predicted octanol–water partition coefficient (Wildman–Crippen LogP) is 3.14. The van der Waals surface area contributed by atoms with E-state index in [0.29, 0.717) is 11.3 Å². The van der Waals surface area contributed by atoms with Crippen molar-refractivity contribution in [2.24, 2.45) is 0 Å². The molecule has 26 heavy (non-hydrogen) atoms.